The van der Waals surface area contributed by atoms with Crippen molar-refractivity contribution in [2.45, 2.75) is 43.9 Å². The third-order valence-corrected chi connectivity index (χ3v) is 6.92. The van der Waals surface area contributed by atoms with Gasteiger partial charge in [-0.2, -0.15) is 18.2 Å². The zero-order valence-corrected chi connectivity index (χ0v) is 24.6. The number of benzene rings is 2. The average Bonchev–Trinajstić information content (AvgIpc) is 3.02. The number of nitrogens with zero attached hydrogens (tertiary/aromatic N) is 2. The number of amides is 2. The van der Waals surface area contributed by atoms with Crippen LogP contribution >= 0.6 is 0 Å². The number of likely N-dealkylation sites (tertiary alicyclic amines) is 1. The average molecular weight is 665 g/mol. The van der Waals surface area contributed by atoms with E-state index in [0.717, 1.165) is 12.1 Å². The molecule has 1 fully saturated rings. The molecule has 0 aliphatic carbocycles. The van der Waals surface area contributed by atoms with Gasteiger partial charge in [0.25, 0.3) is 5.91 Å². The maximum Gasteiger partial charge on any atom is 0.493 e. The Morgan fingerprint density at radius 3 is 2.23 bits per heavy atom. The van der Waals surface area contributed by atoms with Crippen LogP contribution in [0.2, 0.25) is 0 Å². The number of alkyl halides is 3. The number of halogens is 3. The van der Waals surface area contributed by atoms with Gasteiger partial charge in [0.05, 0.1) is 6.42 Å². The van der Waals surface area contributed by atoms with Gasteiger partial charge in [-0.25, -0.2) is 14.4 Å². The van der Waals surface area contributed by atoms with Crippen LogP contribution in [0.3, 0.4) is 0 Å². The normalized spacial score (nSPS) is 14.7. The Morgan fingerprint density at radius 2 is 1.66 bits per heavy atom. The Balaban J connectivity index is 1.94. The van der Waals surface area contributed by atoms with Crippen LogP contribution in [0.25, 0.3) is 0 Å². The third-order valence-electron chi connectivity index (χ3n) is 6.92. The Morgan fingerprint density at radius 1 is 1.02 bits per heavy atom. The Kier molecular flexibility index (Phi) is 12.0. The predicted octanol–water partition coefficient (Wildman–Crippen LogP) is 1.18. The molecule has 0 unspecified atom stereocenters. The van der Waals surface area contributed by atoms with Crippen molar-refractivity contribution in [3.8, 4) is 0 Å². The fourth-order valence-corrected chi connectivity index (χ4v) is 4.49. The number of ether oxygens (including phenoxy) is 1. The molecule has 0 bridgehead atoms. The first-order valence-corrected chi connectivity index (χ1v) is 14.0. The van der Waals surface area contributed by atoms with Crippen molar-refractivity contribution >= 4 is 47.3 Å². The number of aliphatic carboxylic acids is 1. The summed E-state index contributed by atoms with van der Waals surface area (Å²) < 4.78 is 44.6. The van der Waals surface area contributed by atoms with Gasteiger partial charge in [0.15, 0.2) is 12.0 Å². The highest BCUT2D eigenvalue weighted by atomic mass is 19.4. The minimum atomic E-state index is -5.63. The molecule has 0 spiro atoms. The number of carbonyl (C=O) groups is 6. The maximum atomic E-state index is 13.7. The fourth-order valence-electron chi connectivity index (χ4n) is 4.49. The molecule has 18 heteroatoms. The largest absolute Gasteiger partial charge is 0.493 e. The lowest BCUT2D eigenvalue weighted by Crippen LogP contribution is -2.51. The topological polar surface area (TPSA) is 236 Å². The second-order valence-corrected chi connectivity index (χ2v) is 10.4. The van der Waals surface area contributed by atoms with Crippen molar-refractivity contribution in [3.05, 3.63) is 65.7 Å². The van der Waals surface area contributed by atoms with Gasteiger partial charge in [0.2, 0.25) is 5.91 Å². The summed E-state index contributed by atoms with van der Waals surface area (Å²) in [5.74, 6) is -10.2. The molecule has 1 aliphatic heterocycles. The monoisotopic (exact) mass is 664 g/mol. The molecule has 1 heterocycles. The van der Waals surface area contributed by atoms with Crippen LogP contribution in [0.15, 0.2) is 54.6 Å². The molecule has 3 rings (SSSR count). The second-order valence-electron chi connectivity index (χ2n) is 10.4. The molecule has 2 aromatic carbocycles. The number of esters is 2. The van der Waals surface area contributed by atoms with Gasteiger partial charge >= 0.3 is 30.1 Å². The maximum absolute atomic E-state index is 13.7. The van der Waals surface area contributed by atoms with Crippen molar-refractivity contribution in [1.82, 2.24) is 9.96 Å². The highest BCUT2D eigenvalue weighted by Gasteiger charge is 2.46. The van der Waals surface area contributed by atoms with Crippen LogP contribution in [0.5, 0.6) is 0 Å². The zero-order chi connectivity index (χ0) is 34.9. The summed E-state index contributed by atoms with van der Waals surface area (Å²) in [7, 11) is 0. The number of hydrogen-bond donors (Lipinski definition) is 5. The lowest BCUT2D eigenvalue weighted by molar-refractivity contribution is -0.235. The lowest BCUT2D eigenvalue weighted by Gasteiger charge is -2.31. The van der Waals surface area contributed by atoms with Crippen molar-refractivity contribution in [1.29, 1.82) is 5.41 Å². The van der Waals surface area contributed by atoms with Gasteiger partial charge in [0, 0.05) is 36.7 Å². The molecule has 2 aromatic rings. The summed E-state index contributed by atoms with van der Waals surface area (Å²) in [5, 5.41) is 18.8. The number of hydrogen-bond acceptors (Lipinski definition) is 10. The van der Waals surface area contributed by atoms with Crippen molar-refractivity contribution < 1.29 is 56.6 Å². The van der Waals surface area contributed by atoms with Crippen LogP contribution in [0.1, 0.15) is 35.2 Å². The number of carbonyl (C=O) groups excluding carboxylic acids is 5. The fraction of sp³-hybridized carbons (Fsp3) is 0.345. The molecule has 47 heavy (non-hydrogen) atoms. The van der Waals surface area contributed by atoms with E-state index < -0.39 is 78.3 Å². The number of nitrogens with two attached hydrogens (primary N) is 2. The number of carboxylic acid groups (broad SMARTS) is 1. The molecule has 7 N–H and O–H groups in total. The minimum absolute atomic E-state index is 0.0361. The summed E-state index contributed by atoms with van der Waals surface area (Å²) in [6.45, 7) is 0.711. The first-order chi connectivity index (χ1) is 22.1. The van der Waals surface area contributed by atoms with E-state index in [4.69, 9.17) is 22.0 Å². The Bertz CT molecular complexity index is 1510. The highest BCUT2D eigenvalue weighted by Crippen LogP contribution is 2.24. The molecule has 2 amide bonds. The van der Waals surface area contributed by atoms with E-state index in [-0.39, 0.29) is 22.3 Å². The van der Waals surface area contributed by atoms with Crippen LogP contribution in [-0.2, 0) is 40.0 Å². The predicted molar refractivity (Wildman–Crippen MR) is 155 cm³/mol. The number of rotatable bonds is 10. The quantitative estimate of drug-likeness (QED) is 0.0792. The smallest absolute Gasteiger partial charge is 0.481 e. The number of carboxylic acids is 1. The highest BCUT2D eigenvalue weighted by molar-refractivity contribution is 6.01. The van der Waals surface area contributed by atoms with Crippen LogP contribution in [-0.4, -0.2) is 88.1 Å². The molecular weight excluding hydrogens is 633 g/mol. The van der Waals surface area contributed by atoms with Crippen LogP contribution in [0.4, 0.5) is 18.9 Å². The van der Waals surface area contributed by atoms with E-state index in [0.29, 0.717) is 25.9 Å². The van der Waals surface area contributed by atoms with Gasteiger partial charge in [-0.05, 0) is 36.6 Å². The molecular formula is C29H31F3N6O9. The first kappa shape index (κ1) is 36.0. The molecule has 1 aliphatic rings. The third kappa shape index (κ3) is 10.2. The summed E-state index contributed by atoms with van der Waals surface area (Å²) in [6.07, 6.45) is -6.50. The molecule has 2 atom stereocenters. The van der Waals surface area contributed by atoms with E-state index in [1.165, 1.54) is 36.4 Å². The van der Waals surface area contributed by atoms with Gasteiger partial charge in [-0.1, -0.05) is 36.4 Å². The van der Waals surface area contributed by atoms with E-state index in [9.17, 15) is 41.9 Å². The Hall–Kier alpha value is -5.52. The van der Waals surface area contributed by atoms with Crippen LogP contribution in [0, 0.1) is 11.3 Å². The van der Waals surface area contributed by atoms with Crippen molar-refractivity contribution in [2.75, 3.05) is 18.4 Å². The van der Waals surface area contributed by atoms with E-state index in [1.54, 1.807) is 11.0 Å². The van der Waals surface area contributed by atoms with E-state index >= 15 is 0 Å². The zero-order valence-electron chi connectivity index (χ0n) is 24.6. The van der Waals surface area contributed by atoms with Gasteiger partial charge in [-0.15, -0.1) is 0 Å². The first-order valence-electron chi connectivity index (χ1n) is 14.0. The Labute approximate surface area is 265 Å². The number of hydroxylamine groups is 2. The number of piperidine rings is 1. The number of nitrogens with one attached hydrogen (secondary N) is 2. The molecule has 0 aromatic heterocycles. The number of guanidine groups is 1. The van der Waals surface area contributed by atoms with E-state index in [2.05, 4.69) is 14.9 Å². The second kappa shape index (κ2) is 15.7. The molecule has 0 radical (unpaired) electrons. The summed E-state index contributed by atoms with van der Waals surface area (Å²) >= 11 is 0. The summed E-state index contributed by atoms with van der Waals surface area (Å²) in [6, 6.07) is 8.16. The van der Waals surface area contributed by atoms with E-state index in [1.807, 2.05) is 0 Å². The standard InChI is InChI=1S/C29H31F3N6O9/c30-29(31,32)27(45)47-38(21(13-16-5-2-1-3-6-16)26(44)46-25(43)20(33)15-22(39)40)24(42)18-7-4-8-19(14-18)36-23(41)17-9-11-37(12-10-17)28(34)35/h1-8,14,17,20-21H,9-13,15,33H2,(H3,34,35)(H,36,41)(H,39,40)/t20-,21-/m0/s1. The lowest BCUT2D eigenvalue weighted by atomic mass is 9.96. The summed E-state index contributed by atoms with van der Waals surface area (Å²) in [4.78, 5) is 81.0. The van der Waals surface area contributed by atoms with Gasteiger partial charge in [-0.3, -0.25) is 19.8 Å². The van der Waals surface area contributed by atoms with Gasteiger partial charge in [0.1, 0.15) is 6.04 Å². The summed E-state index contributed by atoms with van der Waals surface area (Å²) in [5.41, 5.74) is 10.7. The molecule has 252 valence electrons. The minimum Gasteiger partial charge on any atom is -0.481 e. The van der Waals surface area contributed by atoms with Crippen LogP contribution < -0.4 is 16.8 Å². The molecule has 15 nitrogen and oxygen atoms in total. The molecule has 0 saturated carbocycles. The van der Waals surface area contributed by atoms with Crippen molar-refractivity contribution in [3.63, 3.8) is 0 Å². The SMILES string of the molecule is N=C(N)N1CCC(C(=O)Nc2cccc(C(=O)N(OC(=O)C(F)(F)F)[C@@H](Cc3ccccc3)C(=O)OC(=O)[C@@H](N)CC(=O)O)c2)CC1. The van der Waals surface area contributed by atoms with Gasteiger partial charge < -0.3 is 36.4 Å². The number of anilines is 1. The molecule has 1 saturated heterocycles. The van der Waals surface area contributed by atoms with Crippen molar-refractivity contribution in [2.24, 2.45) is 17.4 Å².